The van der Waals surface area contributed by atoms with Crippen molar-refractivity contribution in [3.05, 3.63) is 18.2 Å². The molecule has 1 rings (SSSR count). The number of aliphatic imine (C=N–C) groups is 1. The topological polar surface area (TPSA) is 334 Å². The van der Waals surface area contributed by atoms with Crippen LogP contribution in [-0.2, 0) is 44.8 Å². The monoisotopic (exact) mass is 792 g/mol. The number of aldehydes is 1. The Morgan fingerprint density at radius 1 is 0.732 bits per heavy atom. The first kappa shape index (κ1) is 48.4. The van der Waals surface area contributed by atoms with Crippen molar-refractivity contribution in [1.82, 2.24) is 47.2 Å². The van der Waals surface area contributed by atoms with Gasteiger partial charge < -0.3 is 63.6 Å². The van der Waals surface area contributed by atoms with Crippen LogP contribution in [-0.4, -0.2) is 124 Å². The van der Waals surface area contributed by atoms with E-state index in [1.54, 1.807) is 0 Å². The van der Waals surface area contributed by atoms with Gasteiger partial charge in [0.15, 0.2) is 5.96 Å². The number of guanidine groups is 1. The van der Waals surface area contributed by atoms with Crippen molar-refractivity contribution < 1.29 is 43.5 Å². The van der Waals surface area contributed by atoms with Crippen molar-refractivity contribution in [2.24, 2.45) is 28.3 Å². The quantitative estimate of drug-likeness (QED) is 0.0201. The first-order valence-corrected chi connectivity index (χ1v) is 18.5. The molecule has 21 nitrogen and oxygen atoms in total. The number of aliphatic hydroxyl groups excluding tert-OH is 1. The Labute approximate surface area is 326 Å². The summed E-state index contributed by atoms with van der Waals surface area (Å²) in [5, 5.41) is 27.3. The Bertz CT molecular complexity index is 1500. The third-order valence-corrected chi connectivity index (χ3v) is 8.13. The second-order valence-electron chi connectivity index (χ2n) is 14.3. The van der Waals surface area contributed by atoms with E-state index in [4.69, 9.17) is 11.5 Å². The predicted molar refractivity (Wildman–Crippen MR) is 205 cm³/mol. The average molecular weight is 793 g/mol. The molecular weight excluding hydrogens is 732 g/mol. The van der Waals surface area contributed by atoms with Crippen LogP contribution in [0.15, 0.2) is 17.5 Å². The number of nitrogens with zero attached hydrogens (tertiary/aromatic N) is 2. The zero-order valence-electron chi connectivity index (χ0n) is 33.1. The zero-order valence-corrected chi connectivity index (χ0v) is 33.1. The van der Waals surface area contributed by atoms with Gasteiger partial charge in [-0.1, -0.05) is 27.7 Å². The Kier molecular flexibility index (Phi) is 21.4. The molecule has 1 aromatic heterocycles. The highest BCUT2D eigenvalue weighted by molar-refractivity contribution is 5.97. The fourth-order valence-corrected chi connectivity index (χ4v) is 5.27. The first-order valence-electron chi connectivity index (χ1n) is 18.5. The molecule has 0 saturated heterocycles. The number of rotatable bonds is 25. The zero-order chi connectivity index (χ0) is 42.5. The van der Waals surface area contributed by atoms with Gasteiger partial charge in [-0.15, -0.1) is 0 Å². The van der Waals surface area contributed by atoms with Crippen LogP contribution in [0.5, 0.6) is 0 Å². The van der Waals surface area contributed by atoms with E-state index in [0.29, 0.717) is 18.4 Å². The van der Waals surface area contributed by atoms with Crippen LogP contribution in [0.2, 0.25) is 0 Å². The van der Waals surface area contributed by atoms with Crippen molar-refractivity contribution in [2.75, 3.05) is 13.2 Å². The summed E-state index contributed by atoms with van der Waals surface area (Å²) in [6, 6.07) is -7.98. The predicted octanol–water partition coefficient (Wildman–Crippen LogP) is -3.26. The third kappa shape index (κ3) is 18.6. The molecule has 0 spiro atoms. The summed E-state index contributed by atoms with van der Waals surface area (Å²) in [4.78, 5) is 113. The van der Waals surface area contributed by atoms with Gasteiger partial charge >= 0.3 is 0 Å². The van der Waals surface area contributed by atoms with Crippen LogP contribution >= 0.6 is 0 Å². The summed E-state index contributed by atoms with van der Waals surface area (Å²) < 4.78 is 0. The Morgan fingerprint density at radius 3 is 1.68 bits per heavy atom. The van der Waals surface area contributed by atoms with Gasteiger partial charge in [-0.25, -0.2) is 4.98 Å². The van der Waals surface area contributed by atoms with E-state index in [0.717, 1.165) is 6.92 Å². The van der Waals surface area contributed by atoms with Crippen LogP contribution in [0.3, 0.4) is 0 Å². The van der Waals surface area contributed by atoms with Gasteiger partial charge in [0.05, 0.1) is 19.0 Å². The van der Waals surface area contributed by atoms with E-state index in [1.165, 1.54) is 26.4 Å². The maximum absolute atomic E-state index is 13.7. The summed E-state index contributed by atoms with van der Waals surface area (Å²) in [5.41, 5.74) is 11.1. The van der Waals surface area contributed by atoms with Gasteiger partial charge in [0.2, 0.25) is 41.4 Å². The number of aromatic nitrogens is 2. The highest BCUT2D eigenvalue weighted by Gasteiger charge is 2.32. The summed E-state index contributed by atoms with van der Waals surface area (Å²) in [7, 11) is 0. The number of H-pyrrole nitrogens is 1. The van der Waals surface area contributed by atoms with Crippen LogP contribution in [0.1, 0.15) is 79.8 Å². The standard InChI is InChI=1S/C35H60N12O9/c1-18(2)11-25(31(53)41-20(5)29(51)44-23(15-48)9-8-10-39-35(36)37)46-33(55)26(12-19(3)4)45-30(52)21(6)42-32(54)27(13-24-14-38-17-40-24)47-34(56)28(16-49)43-22(7)50/h14-15,17-21,23,25-28,49H,8-13,16H2,1-7H3,(H,38,40)(H,41,53)(H,42,54)(H,43,50)(H,44,51)(H,45,52)(H,46,55)(H,47,56)(H4,36,37,39)/t20-,21-,23-,25-,26-,27-,28-/m0/s1. The molecule has 7 amide bonds. The fourth-order valence-electron chi connectivity index (χ4n) is 5.27. The lowest BCUT2D eigenvalue weighted by Gasteiger charge is -2.27. The number of amides is 7. The molecule has 13 N–H and O–H groups in total. The summed E-state index contributed by atoms with van der Waals surface area (Å²) in [6.45, 7) is 10.8. The van der Waals surface area contributed by atoms with Gasteiger partial charge in [0, 0.05) is 31.8 Å². The molecule has 0 radical (unpaired) electrons. The molecule has 56 heavy (non-hydrogen) atoms. The number of carbonyl (C=O) groups excluding carboxylic acids is 8. The molecule has 21 heteroatoms. The highest BCUT2D eigenvalue weighted by Crippen LogP contribution is 2.10. The van der Waals surface area contributed by atoms with E-state index in [1.807, 2.05) is 27.7 Å². The van der Waals surface area contributed by atoms with Crippen molar-refractivity contribution in [3.8, 4) is 0 Å². The maximum Gasteiger partial charge on any atom is 0.245 e. The molecule has 0 aliphatic rings. The van der Waals surface area contributed by atoms with E-state index >= 15 is 0 Å². The Morgan fingerprint density at radius 2 is 1.21 bits per heavy atom. The van der Waals surface area contributed by atoms with Crippen LogP contribution < -0.4 is 48.7 Å². The van der Waals surface area contributed by atoms with Crippen molar-refractivity contribution in [2.45, 2.75) is 123 Å². The van der Waals surface area contributed by atoms with Gasteiger partial charge in [0.25, 0.3) is 0 Å². The number of aromatic amines is 1. The van der Waals surface area contributed by atoms with E-state index in [-0.39, 0.29) is 50.0 Å². The van der Waals surface area contributed by atoms with Crippen LogP contribution in [0, 0.1) is 11.8 Å². The number of hydrogen-bond acceptors (Lipinski definition) is 11. The summed E-state index contributed by atoms with van der Waals surface area (Å²) in [6.07, 6.45) is 4.31. The molecular formula is C35H60N12O9. The highest BCUT2D eigenvalue weighted by atomic mass is 16.3. The van der Waals surface area contributed by atoms with E-state index < -0.39 is 90.3 Å². The lowest BCUT2D eigenvalue weighted by molar-refractivity contribution is -0.135. The second-order valence-corrected chi connectivity index (χ2v) is 14.3. The number of nitrogens with one attached hydrogen (secondary N) is 8. The van der Waals surface area contributed by atoms with Gasteiger partial charge in [-0.2, -0.15) is 0 Å². The van der Waals surface area contributed by atoms with Crippen LogP contribution in [0.4, 0.5) is 0 Å². The molecule has 0 aromatic carbocycles. The Balaban J connectivity index is 3.04. The first-order chi connectivity index (χ1) is 26.3. The number of carbonyl (C=O) groups is 8. The molecule has 0 fully saturated rings. The smallest absolute Gasteiger partial charge is 0.245 e. The summed E-state index contributed by atoms with van der Waals surface area (Å²) >= 11 is 0. The number of aliphatic hydroxyl groups is 1. The second kappa shape index (κ2) is 24.7. The molecule has 0 saturated carbocycles. The third-order valence-electron chi connectivity index (χ3n) is 8.13. The van der Waals surface area contributed by atoms with Gasteiger partial charge in [-0.05, 0) is 51.4 Å². The molecule has 0 bridgehead atoms. The minimum atomic E-state index is -1.34. The molecule has 0 unspecified atom stereocenters. The van der Waals surface area contributed by atoms with E-state index in [2.05, 4.69) is 52.2 Å². The Hall–Kier alpha value is -5.60. The largest absolute Gasteiger partial charge is 0.394 e. The van der Waals surface area contributed by atoms with Crippen molar-refractivity contribution in [3.63, 3.8) is 0 Å². The SMILES string of the molecule is CC(=O)N[C@@H](CO)C(=O)N[C@@H](Cc1cnc[nH]1)C(=O)N[C@@H](C)C(=O)N[C@@H](CC(C)C)C(=O)N[C@@H](CC(C)C)C(=O)N[C@@H](C)C(=O)N[C@H](C=O)CCCN=C(N)N. The summed E-state index contributed by atoms with van der Waals surface area (Å²) in [5.74, 6) is -5.17. The molecule has 1 heterocycles. The van der Waals surface area contributed by atoms with Crippen molar-refractivity contribution >= 4 is 53.6 Å². The molecule has 7 atom stereocenters. The minimum Gasteiger partial charge on any atom is -0.394 e. The minimum absolute atomic E-state index is 0.0747. The fraction of sp³-hybridized carbons (Fsp3) is 0.657. The average Bonchev–Trinajstić information content (AvgIpc) is 3.63. The lowest BCUT2D eigenvalue weighted by Crippen LogP contribution is -2.59. The number of nitrogens with two attached hydrogens (primary N) is 2. The lowest BCUT2D eigenvalue weighted by atomic mass is 9.99. The van der Waals surface area contributed by atoms with Gasteiger partial charge in [0.1, 0.15) is 42.5 Å². The van der Waals surface area contributed by atoms with Gasteiger partial charge in [-0.3, -0.25) is 38.6 Å². The number of imidazole rings is 1. The molecule has 0 aliphatic heterocycles. The van der Waals surface area contributed by atoms with Crippen LogP contribution in [0.25, 0.3) is 0 Å². The maximum atomic E-state index is 13.7. The molecule has 0 aliphatic carbocycles. The van der Waals surface area contributed by atoms with Crippen molar-refractivity contribution in [1.29, 1.82) is 0 Å². The number of hydrogen-bond donors (Lipinski definition) is 11. The molecule has 1 aromatic rings. The van der Waals surface area contributed by atoms with E-state index in [9.17, 15) is 43.5 Å². The normalized spacial score (nSPS) is 14.8. The molecule has 314 valence electrons.